The summed E-state index contributed by atoms with van der Waals surface area (Å²) >= 11 is 0. The van der Waals surface area contributed by atoms with Crippen LogP contribution in [0.1, 0.15) is 35.8 Å². The van der Waals surface area contributed by atoms with Gasteiger partial charge in [0.1, 0.15) is 11.6 Å². The minimum atomic E-state index is -2.93. The molecule has 0 spiro atoms. The summed E-state index contributed by atoms with van der Waals surface area (Å²) in [6.45, 7) is 6.17. The lowest BCUT2D eigenvalue weighted by Crippen LogP contribution is -2.21. The van der Waals surface area contributed by atoms with Crippen LogP contribution in [0.5, 0.6) is 5.75 Å². The lowest BCUT2D eigenvalue weighted by Gasteiger charge is -2.18. The van der Waals surface area contributed by atoms with Gasteiger partial charge >= 0.3 is 0 Å². The maximum atomic E-state index is 12.9. The quantitative estimate of drug-likeness (QED) is 0.628. The fourth-order valence-corrected chi connectivity index (χ4v) is 5.35. The molecular formula is C20H28FN3O3S. The Morgan fingerprint density at radius 3 is 2.64 bits per heavy atom. The third-order valence-electron chi connectivity index (χ3n) is 5.22. The molecule has 3 rings (SSSR count). The maximum Gasteiger partial charge on any atom is 0.152 e. The Hall–Kier alpha value is -1.93. The molecule has 0 bridgehead atoms. The number of nitrogens with zero attached hydrogens (tertiary/aromatic N) is 3. The van der Waals surface area contributed by atoms with Gasteiger partial charge in [0.2, 0.25) is 0 Å². The van der Waals surface area contributed by atoms with Crippen LogP contribution in [0.4, 0.5) is 4.39 Å². The molecule has 6 nitrogen and oxygen atoms in total. The minimum absolute atomic E-state index is 0.0492. The van der Waals surface area contributed by atoms with Crippen LogP contribution in [0.15, 0.2) is 24.3 Å². The highest BCUT2D eigenvalue weighted by atomic mass is 32.2. The summed E-state index contributed by atoms with van der Waals surface area (Å²) in [5.74, 6) is 0.835. The molecule has 1 aliphatic heterocycles. The largest absolute Gasteiger partial charge is 0.494 e. The van der Waals surface area contributed by atoms with Crippen LogP contribution in [0.25, 0.3) is 0 Å². The van der Waals surface area contributed by atoms with Crippen molar-refractivity contribution in [1.29, 1.82) is 0 Å². The van der Waals surface area contributed by atoms with Crippen molar-refractivity contribution in [2.24, 2.45) is 0 Å². The van der Waals surface area contributed by atoms with E-state index in [-0.39, 0.29) is 23.4 Å². The molecule has 0 saturated carbocycles. The Morgan fingerprint density at radius 1 is 1.29 bits per heavy atom. The monoisotopic (exact) mass is 409 g/mol. The van der Waals surface area contributed by atoms with Crippen LogP contribution in [0.2, 0.25) is 0 Å². The molecule has 2 heterocycles. The van der Waals surface area contributed by atoms with Crippen molar-refractivity contribution < 1.29 is 17.5 Å². The van der Waals surface area contributed by atoms with Crippen molar-refractivity contribution >= 4 is 9.84 Å². The normalized spacial score (nSPS) is 18.7. The van der Waals surface area contributed by atoms with E-state index in [2.05, 4.69) is 10.00 Å². The number of hydrogen-bond donors (Lipinski definition) is 0. The lowest BCUT2D eigenvalue weighted by atomic mass is 10.1. The van der Waals surface area contributed by atoms with Gasteiger partial charge in [-0.1, -0.05) is 0 Å². The second-order valence-corrected chi connectivity index (χ2v) is 9.77. The van der Waals surface area contributed by atoms with Crippen LogP contribution in [-0.2, 0) is 16.4 Å². The number of benzene rings is 1. The van der Waals surface area contributed by atoms with Gasteiger partial charge in [-0.2, -0.15) is 5.10 Å². The van der Waals surface area contributed by atoms with Crippen LogP contribution in [0.3, 0.4) is 0 Å². The molecule has 28 heavy (non-hydrogen) atoms. The Bertz CT molecular complexity index is 910. The number of hydrogen-bond acceptors (Lipinski definition) is 5. The van der Waals surface area contributed by atoms with Crippen LogP contribution < -0.4 is 4.74 Å². The van der Waals surface area contributed by atoms with Gasteiger partial charge in [-0.3, -0.25) is 4.68 Å². The molecular weight excluding hydrogens is 381 g/mol. The van der Waals surface area contributed by atoms with Crippen molar-refractivity contribution in [3.05, 3.63) is 47.0 Å². The van der Waals surface area contributed by atoms with Crippen LogP contribution in [-0.4, -0.2) is 54.8 Å². The number of aromatic nitrogens is 2. The van der Waals surface area contributed by atoms with E-state index in [0.29, 0.717) is 18.8 Å². The maximum absolute atomic E-state index is 12.9. The molecule has 0 unspecified atom stereocenters. The molecule has 0 aliphatic carbocycles. The Kier molecular flexibility index (Phi) is 6.40. The lowest BCUT2D eigenvalue weighted by molar-refractivity contribution is 0.258. The van der Waals surface area contributed by atoms with E-state index >= 15 is 0 Å². The van der Waals surface area contributed by atoms with E-state index in [0.717, 1.165) is 36.5 Å². The average molecular weight is 410 g/mol. The van der Waals surface area contributed by atoms with E-state index in [1.54, 1.807) is 12.1 Å². The zero-order valence-electron chi connectivity index (χ0n) is 16.7. The molecule has 1 fully saturated rings. The summed E-state index contributed by atoms with van der Waals surface area (Å²) in [6, 6.07) is 5.99. The van der Waals surface area contributed by atoms with Crippen LogP contribution in [0, 0.1) is 19.7 Å². The van der Waals surface area contributed by atoms with Crippen molar-refractivity contribution in [1.82, 2.24) is 14.7 Å². The molecule has 1 aromatic heterocycles. The van der Waals surface area contributed by atoms with Gasteiger partial charge in [-0.05, 0) is 58.0 Å². The molecule has 1 saturated heterocycles. The van der Waals surface area contributed by atoms with Gasteiger partial charge in [-0.15, -0.1) is 0 Å². The summed E-state index contributed by atoms with van der Waals surface area (Å²) in [4.78, 5) is 2.21. The van der Waals surface area contributed by atoms with Gasteiger partial charge in [0, 0.05) is 24.3 Å². The standard InChI is InChI=1S/C20H28FN3O3S/c1-15-20(16(2)24(22-15)18-9-12-28(25,26)14-18)13-23(3)10-4-11-27-19-7-5-17(21)6-8-19/h5-8,18H,4,9-14H2,1-3H3/t18-/m0/s1. The summed E-state index contributed by atoms with van der Waals surface area (Å²) in [5, 5.41) is 4.62. The van der Waals surface area contributed by atoms with Gasteiger partial charge in [-0.25, -0.2) is 12.8 Å². The Labute approximate surface area is 166 Å². The predicted octanol–water partition coefficient (Wildman–Crippen LogP) is 2.90. The first-order valence-electron chi connectivity index (χ1n) is 9.57. The number of ether oxygens (including phenoxy) is 1. The van der Waals surface area contributed by atoms with Gasteiger partial charge in [0.15, 0.2) is 9.84 Å². The Morgan fingerprint density at radius 2 is 2.00 bits per heavy atom. The zero-order chi connectivity index (χ0) is 20.3. The molecule has 1 aliphatic rings. The zero-order valence-corrected chi connectivity index (χ0v) is 17.5. The topological polar surface area (TPSA) is 64.4 Å². The first-order valence-corrected chi connectivity index (χ1v) is 11.4. The number of rotatable bonds is 8. The minimum Gasteiger partial charge on any atom is -0.494 e. The SMILES string of the molecule is Cc1nn([C@H]2CCS(=O)(=O)C2)c(C)c1CN(C)CCCOc1ccc(F)cc1. The summed E-state index contributed by atoms with van der Waals surface area (Å²) in [6.07, 6.45) is 1.49. The highest BCUT2D eigenvalue weighted by Gasteiger charge is 2.31. The van der Waals surface area contributed by atoms with Crippen molar-refractivity contribution in [2.45, 2.75) is 39.3 Å². The molecule has 1 aromatic carbocycles. The van der Waals surface area contributed by atoms with Gasteiger partial charge < -0.3 is 9.64 Å². The fourth-order valence-electron chi connectivity index (χ4n) is 3.65. The average Bonchev–Trinajstić information content (AvgIpc) is 3.14. The van der Waals surface area contributed by atoms with Gasteiger partial charge in [0.25, 0.3) is 0 Å². The first-order chi connectivity index (χ1) is 13.2. The summed E-state index contributed by atoms with van der Waals surface area (Å²) in [7, 11) is -0.884. The fraction of sp³-hybridized carbons (Fsp3) is 0.550. The van der Waals surface area contributed by atoms with E-state index < -0.39 is 9.84 Å². The predicted molar refractivity (Wildman–Crippen MR) is 107 cm³/mol. The molecule has 1 atom stereocenters. The summed E-state index contributed by atoms with van der Waals surface area (Å²) < 4.78 is 44.0. The molecule has 0 amide bonds. The molecule has 0 N–H and O–H groups in total. The first kappa shape index (κ1) is 20.8. The number of sulfone groups is 1. The van der Waals surface area contributed by atoms with Crippen molar-refractivity contribution in [3.8, 4) is 5.75 Å². The van der Waals surface area contributed by atoms with E-state index in [4.69, 9.17) is 4.74 Å². The molecule has 8 heteroatoms. The second-order valence-electron chi connectivity index (χ2n) is 7.54. The highest BCUT2D eigenvalue weighted by molar-refractivity contribution is 7.91. The van der Waals surface area contributed by atoms with Crippen molar-refractivity contribution in [2.75, 3.05) is 31.7 Å². The molecule has 0 radical (unpaired) electrons. The third-order valence-corrected chi connectivity index (χ3v) is 6.97. The number of aryl methyl sites for hydroxylation is 1. The molecule has 154 valence electrons. The Balaban J connectivity index is 1.51. The highest BCUT2D eigenvalue weighted by Crippen LogP contribution is 2.27. The molecule has 2 aromatic rings. The smallest absolute Gasteiger partial charge is 0.152 e. The third kappa shape index (κ3) is 5.11. The second kappa shape index (κ2) is 8.61. The van der Waals surface area contributed by atoms with Crippen molar-refractivity contribution in [3.63, 3.8) is 0 Å². The van der Waals surface area contributed by atoms with E-state index in [9.17, 15) is 12.8 Å². The van der Waals surface area contributed by atoms with E-state index in [1.165, 1.54) is 12.1 Å². The summed E-state index contributed by atoms with van der Waals surface area (Å²) in [5.41, 5.74) is 3.16. The van der Waals surface area contributed by atoms with E-state index in [1.807, 2.05) is 25.6 Å². The number of halogens is 1. The van der Waals surface area contributed by atoms with Crippen LogP contribution >= 0.6 is 0 Å². The van der Waals surface area contributed by atoms with Gasteiger partial charge in [0.05, 0.1) is 29.8 Å².